The Kier molecular flexibility index (Phi) is 7.65. The summed E-state index contributed by atoms with van der Waals surface area (Å²) < 4.78 is 18.5. The normalized spacial score (nSPS) is 12.4. The van der Waals surface area contributed by atoms with Gasteiger partial charge in [-0.1, -0.05) is 44.2 Å². The number of nitrogens with two attached hydrogens (primary N) is 2. The molecule has 0 bridgehead atoms. The van der Waals surface area contributed by atoms with E-state index in [0.29, 0.717) is 11.4 Å². The molecule has 5 rings (SSSR count). The van der Waals surface area contributed by atoms with Gasteiger partial charge in [-0.15, -0.1) is 0 Å². The summed E-state index contributed by atoms with van der Waals surface area (Å²) in [7, 11) is 0. The molecule has 40 heavy (non-hydrogen) atoms. The van der Waals surface area contributed by atoms with Gasteiger partial charge in [0.05, 0.1) is 0 Å². The Morgan fingerprint density at radius 2 is 1.07 bits per heavy atom. The van der Waals surface area contributed by atoms with E-state index in [9.17, 15) is 0 Å². The minimum atomic E-state index is -0.274. The number of hydrogen-bond donors (Lipinski definition) is 2. The minimum Gasteiger partial charge on any atom is -0.457 e. The first kappa shape index (κ1) is 26.7. The predicted molar refractivity (Wildman–Crippen MR) is 163 cm³/mol. The van der Waals surface area contributed by atoms with Crippen molar-refractivity contribution in [2.45, 2.75) is 32.6 Å². The van der Waals surface area contributed by atoms with E-state index in [1.54, 1.807) is 0 Å². The molecule has 5 aromatic rings. The Balaban J connectivity index is 1.37. The Morgan fingerprint density at radius 1 is 0.575 bits per heavy atom. The third-order valence-corrected chi connectivity index (χ3v) is 7.28. The number of aryl methyl sites for hydroxylation is 1. The van der Waals surface area contributed by atoms with Crippen LogP contribution in [0.3, 0.4) is 0 Å². The van der Waals surface area contributed by atoms with Crippen molar-refractivity contribution in [1.29, 1.82) is 0 Å². The predicted octanol–water partition coefficient (Wildman–Crippen LogP) is 9.25. The van der Waals surface area contributed by atoms with Crippen LogP contribution in [0.1, 0.15) is 37.0 Å². The maximum absolute atomic E-state index is 6.49. The zero-order chi connectivity index (χ0) is 28.1. The highest BCUT2D eigenvalue weighted by molar-refractivity contribution is 5.51. The highest BCUT2D eigenvalue weighted by atomic mass is 16.5. The van der Waals surface area contributed by atoms with Crippen LogP contribution in [0.4, 0.5) is 11.4 Å². The van der Waals surface area contributed by atoms with Gasteiger partial charge in [-0.05, 0) is 109 Å². The number of rotatable bonds is 9. The lowest BCUT2D eigenvalue weighted by molar-refractivity contribution is 0.444. The highest BCUT2D eigenvalue weighted by Gasteiger charge is 2.30. The van der Waals surface area contributed by atoms with Gasteiger partial charge in [0, 0.05) is 22.4 Å². The quantitative estimate of drug-likeness (QED) is 0.186. The number of hydrogen-bond acceptors (Lipinski definition) is 5. The molecule has 4 N–H and O–H groups in total. The summed E-state index contributed by atoms with van der Waals surface area (Å²) in [5.74, 6) is 4.60. The second kappa shape index (κ2) is 11.5. The van der Waals surface area contributed by atoms with Crippen molar-refractivity contribution in [2.24, 2.45) is 0 Å². The van der Waals surface area contributed by atoms with Crippen molar-refractivity contribution in [1.82, 2.24) is 0 Å². The molecule has 0 aromatic heterocycles. The molecule has 5 aromatic carbocycles. The molecule has 5 nitrogen and oxygen atoms in total. The summed E-state index contributed by atoms with van der Waals surface area (Å²) >= 11 is 0. The molecular formula is C35H34N2O3. The fraction of sp³-hybridized carbons (Fsp3) is 0.143. The Labute approximate surface area is 236 Å². The number of ether oxygens (including phenoxy) is 3. The molecule has 0 spiro atoms. The van der Waals surface area contributed by atoms with Crippen LogP contribution < -0.4 is 25.7 Å². The Hall–Kier alpha value is -4.90. The summed E-state index contributed by atoms with van der Waals surface area (Å²) in [5, 5.41) is 0. The van der Waals surface area contributed by atoms with Crippen molar-refractivity contribution in [3.63, 3.8) is 0 Å². The van der Waals surface area contributed by atoms with Crippen LogP contribution in [0.25, 0.3) is 0 Å². The summed E-state index contributed by atoms with van der Waals surface area (Å²) in [6, 6.07) is 37.1. The molecule has 202 valence electrons. The average Bonchev–Trinajstić information content (AvgIpc) is 2.97. The lowest BCUT2D eigenvalue weighted by atomic mass is 9.74. The third-order valence-electron chi connectivity index (χ3n) is 7.28. The molecule has 0 saturated carbocycles. The zero-order valence-electron chi connectivity index (χ0n) is 23.1. The second-order valence-corrected chi connectivity index (χ2v) is 10.1. The maximum atomic E-state index is 6.49. The van der Waals surface area contributed by atoms with Gasteiger partial charge < -0.3 is 25.7 Å². The first-order valence-corrected chi connectivity index (χ1v) is 13.4. The fourth-order valence-corrected chi connectivity index (χ4v) is 4.71. The lowest BCUT2D eigenvalue weighted by Crippen LogP contribution is -2.23. The minimum absolute atomic E-state index is 0.274. The van der Waals surface area contributed by atoms with Crippen LogP contribution in [-0.2, 0) is 5.41 Å². The third kappa shape index (κ3) is 5.89. The van der Waals surface area contributed by atoms with Crippen molar-refractivity contribution in [3.8, 4) is 34.5 Å². The molecule has 0 aliphatic heterocycles. The molecule has 0 amide bonds. The molecule has 0 aliphatic rings. The number of para-hydroxylation sites is 1. The monoisotopic (exact) mass is 530 g/mol. The van der Waals surface area contributed by atoms with Gasteiger partial charge in [-0.2, -0.15) is 0 Å². The molecule has 5 heteroatoms. The molecule has 1 atom stereocenters. The van der Waals surface area contributed by atoms with Crippen LogP contribution in [0, 0.1) is 6.92 Å². The zero-order valence-corrected chi connectivity index (χ0v) is 23.1. The van der Waals surface area contributed by atoms with E-state index in [0.717, 1.165) is 52.0 Å². The molecule has 0 heterocycles. The van der Waals surface area contributed by atoms with Crippen molar-refractivity contribution < 1.29 is 14.2 Å². The van der Waals surface area contributed by atoms with Gasteiger partial charge in [0.15, 0.2) is 0 Å². The fourth-order valence-electron chi connectivity index (χ4n) is 4.71. The smallest absolute Gasteiger partial charge is 0.131 e. The van der Waals surface area contributed by atoms with Crippen molar-refractivity contribution in [3.05, 3.63) is 132 Å². The molecule has 0 aliphatic carbocycles. The van der Waals surface area contributed by atoms with Crippen LogP contribution in [0.5, 0.6) is 34.5 Å². The number of anilines is 2. The largest absolute Gasteiger partial charge is 0.457 e. The van der Waals surface area contributed by atoms with Crippen LogP contribution in [0.15, 0.2) is 115 Å². The van der Waals surface area contributed by atoms with Crippen molar-refractivity contribution in [2.75, 3.05) is 11.5 Å². The molecular weight excluding hydrogens is 496 g/mol. The van der Waals surface area contributed by atoms with Crippen LogP contribution in [0.2, 0.25) is 0 Å². The van der Waals surface area contributed by atoms with Gasteiger partial charge in [-0.25, -0.2) is 0 Å². The van der Waals surface area contributed by atoms with Gasteiger partial charge >= 0.3 is 0 Å². The Bertz CT molecular complexity index is 1580. The summed E-state index contributed by atoms with van der Waals surface area (Å²) in [4.78, 5) is 0. The molecule has 0 saturated heterocycles. The first-order valence-electron chi connectivity index (χ1n) is 13.4. The number of benzene rings is 5. The second-order valence-electron chi connectivity index (χ2n) is 10.1. The van der Waals surface area contributed by atoms with E-state index in [1.165, 1.54) is 5.56 Å². The van der Waals surface area contributed by atoms with E-state index in [1.807, 2.05) is 97.9 Å². The Morgan fingerprint density at radius 3 is 1.65 bits per heavy atom. The maximum Gasteiger partial charge on any atom is 0.131 e. The van der Waals surface area contributed by atoms with Crippen LogP contribution in [-0.4, -0.2) is 0 Å². The van der Waals surface area contributed by atoms with E-state index < -0.39 is 0 Å². The van der Waals surface area contributed by atoms with Crippen LogP contribution >= 0.6 is 0 Å². The molecule has 0 fully saturated rings. The SMILES string of the molecule is CCC(C)(c1ccc(Oc2ccc(N)cc2)cc1)c1ccccc1Oc1ccc(Oc2ccc(N)cc2)c(C)c1. The first-order chi connectivity index (χ1) is 19.3. The van der Waals surface area contributed by atoms with E-state index in [4.69, 9.17) is 25.7 Å². The summed E-state index contributed by atoms with van der Waals surface area (Å²) in [5.41, 5.74) is 16.0. The summed E-state index contributed by atoms with van der Waals surface area (Å²) in [6.45, 7) is 6.46. The van der Waals surface area contributed by atoms with Crippen molar-refractivity contribution >= 4 is 11.4 Å². The van der Waals surface area contributed by atoms with Gasteiger partial charge in [0.1, 0.15) is 34.5 Å². The topological polar surface area (TPSA) is 79.7 Å². The van der Waals surface area contributed by atoms with Gasteiger partial charge in [-0.3, -0.25) is 0 Å². The summed E-state index contributed by atoms with van der Waals surface area (Å²) in [6.07, 6.45) is 0.888. The molecule has 1 unspecified atom stereocenters. The lowest BCUT2D eigenvalue weighted by Gasteiger charge is -2.31. The molecule has 0 radical (unpaired) electrons. The van der Waals surface area contributed by atoms with Gasteiger partial charge in [0.25, 0.3) is 0 Å². The standard InChI is InChI=1S/C35H34N2O3/c1-4-35(3,25-9-15-28(16-10-25)38-29-17-11-26(36)12-18-29)32-7-5-6-8-34(32)40-31-21-22-33(24(2)23-31)39-30-19-13-27(37)14-20-30/h5-23H,4,36-37H2,1-3H3. The average molecular weight is 531 g/mol. The van der Waals surface area contributed by atoms with E-state index in [-0.39, 0.29) is 5.41 Å². The van der Waals surface area contributed by atoms with Gasteiger partial charge in [0.2, 0.25) is 0 Å². The highest BCUT2D eigenvalue weighted by Crippen LogP contribution is 2.42. The van der Waals surface area contributed by atoms with E-state index in [2.05, 4.69) is 38.1 Å². The van der Waals surface area contributed by atoms with E-state index >= 15 is 0 Å². The number of nitrogen functional groups attached to an aromatic ring is 2.